The summed E-state index contributed by atoms with van der Waals surface area (Å²) in [5, 5.41) is 2.15. The molecule has 3 aromatic rings. The first kappa shape index (κ1) is 16.3. The number of aromatic amines is 1. The maximum Gasteiger partial charge on any atom is 0.124 e. The number of hydrogen-bond acceptors (Lipinski definition) is 1. The van der Waals surface area contributed by atoms with Gasteiger partial charge in [0, 0.05) is 21.5 Å². The number of halogens is 3. The van der Waals surface area contributed by atoms with Gasteiger partial charge in [-0.25, -0.2) is 4.39 Å². The largest absolute Gasteiger partial charge is 0.354 e. The van der Waals surface area contributed by atoms with Crippen LogP contribution in [0.25, 0.3) is 22.2 Å². The number of rotatable bonds is 5. The molecular weight excluding hydrogens is 334 g/mol. The van der Waals surface area contributed by atoms with Gasteiger partial charge in [0.15, 0.2) is 0 Å². The standard InChI is InChI=1S/C18H17Cl2FN2/c19-11-4-7-17-15(9-11)13(3-1-2-8-22)18(23-17)14-6-5-12(21)10-16(14)20/h4-7,9-10,23H,1-3,8,22H2. The van der Waals surface area contributed by atoms with E-state index in [1.165, 1.54) is 12.1 Å². The number of unbranched alkanes of at least 4 members (excludes halogenated alkanes) is 1. The Balaban J connectivity index is 2.16. The Morgan fingerprint density at radius 3 is 2.61 bits per heavy atom. The van der Waals surface area contributed by atoms with Crippen molar-refractivity contribution < 1.29 is 4.39 Å². The molecule has 2 nitrogen and oxygen atoms in total. The van der Waals surface area contributed by atoms with Crippen molar-refractivity contribution in [1.82, 2.24) is 4.98 Å². The quantitative estimate of drug-likeness (QED) is 0.581. The lowest BCUT2D eigenvalue weighted by molar-refractivity contribution is 0.628. The molecule has 120 valence electrons. The summed E-state index contributed by atoms with van der Waals surface area (Å²) >= 11 is 12.4. The fourth-order valence-electron chi connectivity index (χ4n) is 2.85. The van der Waals surface area contributed by atoms with E-state index in [2.05, 4.69) is 4.98 Å². The monoisotopic (exact) mass is 350 g/mol. The number of aromatic nitrogens is 1. The average Bonchev–Trinajstić information content (AvgIpc) is 2.85. The van der Waals surface area contributed by atoms with Crippen LogP contribution < -0.4 is 5.73 Å². The molecule has 0 fully saturated rings. The van der Waals surface area contributed by atoms with Crippen molar-refractivity contribution in [3.63, 3.8) is 0 Å². The molecule has 0 atom stereocenters. The molecule has 0 saturated heterocycles. The summed E-state index contributed by atoms with van der Waals surface area (Å²) in [7, 11) is 0. The van der Waals surface area contributed by atoms with Gasteiger partial charge < -0.3 is 10.7 Å². The van der Waals surface area contributed by atoms with Crippen LogP contribution in [0.2, 0.25) is 10.0 Å². The van der Waals surface area contributed by atoms with Gasteiger partial charge in [0.25, 0.3) is 0 Å². The molecule has 0 aliphatic rings. The minimum absolute atomic E-state index is 0.345. The van der Waals surface area contributed by atoms with Crippen molar-refractivity contribution in [3.8, 4) is 11.3 Å². The third kappa shape index (κ3) is 3.37. The lowest BCUT2D eigenvalue weighted by Gasteiger charge is -2.07. The molecule has 1 aromatic heterocycles. The Labute approximate surface area is 144 Å². The van der Waals surface area contributed by atoms with Crippen molar-refractivity contribution in [3.05, 3.63) is 57.8 Å². The Kier molecular flexibility index (Phi) is 4.90. The molecule has 0 spiro atoms. The number of benzene rings is 2. The van der Waals surface area contributed by atoms with Crippen molar-refractivity contribution in [1.29, 1.82) is 0 Å². The van der Waals surface area contributed by atoms with E-state index in [0.29, 0.717) is 16.6 Å². The van der Waals surface area contributed by atoms with E-state index in [4.69, 9.17) is 28.9 Å². The molecule has 3 N–H and O–H groups in total. The number of aryl methyl sites for hydroxylation is 1. The molecule has 1 heterocycles. The van der Waals surface area contributed by atoms with E-state index in [0.717, 1.165) is 47.0 Å². The zero-order valence-electron chi connectivity index (χ0n) is 12.5. The van der Waals surface area contributed by atoms with Gasteiger partial charge in [0.1, 0.15) is 5.82 Å². The molecule has 5 heteroatoms. The number of fused-ring (bicyclic) bond motifs is 1. The van der Waals surface area contributed by atoms with Crippen LogP contribution in [0.15, 0.2) is 36.4 Å². The summed E-state index contributed by atoms with van der Waals surface area (Å²) in [6.45, 7) is 0.662. The van der Waals surface area contributed by atoms with Crippen LogP contribution in [0.3, 0.4) is 0 Å². The third-order valence-corrected chi connectivity index (χ3v) is 4.50. The molecular formula is C18H17Cl2FN2. The van der Waals surface area contributed by atoms with Crippen LogP contribution in [-0.4, -0.2) is 11.5 Å². The summed E-state index contributed by atoms with van der Waals surface area (Å²) in [6, 6.07) is 10.2. The van der Waals surface area contributed by atoms with Crippen LogP contribution in [0.4, 0.5) is 4.39 Å². The average molecular weight is 351 g/mol. The summed E-state index contributed by atoms with van der Waals surface area (Å²) in [4.78, 5) is 3.40. The van der Waals surface area contributed by atoms with Crippen LogP contribution >= 0.6 is 23.2 Å². The number of H-pyrrole nitrogens is 1. The molecule has 0 unspecified atom stereocenters. The smallest absolute Gasteiger partial charge is 0.124 e. The molecule has 23 heavy (non-hydrogen) atoms. The highest BCUT2D eigenvalue weighted by Crippen LogP contribution is 2.36. The Morgan fingerprint density at radius 1 is 1.04 bits per heavy atom. The first-order chi connectivity index (χ1) is 11.1. The van der Waals surface area contributed by atoms with Crippen LogP contribution in [0.1, 0.15) is 18.4 Å². The maximum atomic E-state index is 13.3. The Morgan fingerprint density at radius 2 is 1.87 bits per heavy atom. The van der Waals surface area contributed by atoms with Crippen molar-refractivity contribution >= 4 is 34.1 Å². The molecule has 0 aliphatic carbocycles. The van der Waals surface area contributed by atoms with Crippen LogP contribution in [0.5, 0.6) is 0 Å². The predicted molar refractivity (Wildman–Crippen MR) is 95.7 cm³/mol. The van der Waals surface area contributed by atoms with Gasteiger partial charge in [-0.3, -0.25) is 0 Å². The summed E-state index contributed by atoms with van der Waals surface area (Å²) in [5.41, 5.74) is 9.45. The third-order valence-electron chi connectivity index (χ3n) is 3.95. The van der Waals surface area contributed by atoms with E-state index in [1.807, 2.05) is 18.2 Å². The van der Waals surface area contributed by atoms with E-state index in [1.54, 1.807) is 6.07 Å². The van der Waals surface area contributed by atoms with Gasteiger partial charge in [-0.2, -0.15) is 0 Å². The van der Waals surface area contributed by atoms with Crippen LogP contribution in [0, 0.1) is 5.82 Å². The Bertz CT molecular complexity index is 842. The highest BCUT2D eigenvalue weighted by molar-refractivity contribution is 6.33. The summed E-state index contributed by atoms with van der Waals surface area (Å²) < 4.78 is 13.3. The second-order valence-corrected chi connectivity index (χ2v) is 6.38. The van der Waals surface area contributed by atoms with E-state index in [-0.39, 0.29) is 5.82 Å². The van der Waals surface area contributed by atoms with Gasteiger partial charge >= 0.3 is 0 Å². The van der Waals surface area contributed by atoms with Gasteiger partial charge in [0.2, 0.25) is 0 Å². The number of nitrogens with two attached hydrogens (primary N) is 1. The minimum atomic E-state index is -0.345. The first-order valence-electron chi connectivity index (χ1n) is 7.55. The Hall–Kier alpha value is -1.55. The summed E-state index contributed by atoms with van der Waals surface area (Å²) in [6.07, 6.45) is 2.78. The van der Waals surface area contributed by atoms with Gasteiger partial charge in [0.05, 0.1) is 10.7 Å². The second kappa shape index (κ2) is 6.91. The fraction of sp³-hybridized carbons (Fsp3) is 0.222. The highest BCUT2D eigenvalue weighted by atomic mass is 35.5. The van der Waals surface area contributed by atoms with E-state index < -0.39 is 0 Å². The molecule has 3 rings (SSSR count). The molecule has 0 radical (unpaired) electrons. The van der Waals surface area contributed by atoms with Crippen molar-refractivity contribution in [2.75, 3.05) is 6.54 Å². The van der Waals surface area contributed by atoms with Gasteiger partial charge in [-0.1, -0.05) is 23.2 Å². The van der Waals surface area contributed by atoms with Crippen molar-refractivity contribution in [2.45, 2.75) is 19.3 Å². The lowest BCUT2D eigenvalue weighted by Crippen LogP contribution is -1.99. The maximum absolute atomic E-state index is 13.3. The summed E-state index contributed by atoms with van der Waals surface area (Å²) in [5.74, 6) is -0.345. The fourth-order valence-corrected chi connectivity index (χ4v) is 3.28. The molecule has 0 bridgehead atoms. The normalized spacial score (nSPS) is 11.3. The predicted octanol–water partition coefficient (Wildman–Crippen LogP) is 5.56. The molecule has 0 amide bonds. The van der Waals surface area contributed by atoms with Crippen LogP contribution in [-0.2, 0) is 6.42 Å². The topological polar surface area (TPSA) is 41.8 Å². The second-order valence-electron chi connectivity index (χ2n) is 5.54. The van der Waals surface area contributed by atoms with Crippen molar-refractivity contribution in [2.24, 2.45) is 5.73 Å². The zero-order chi connectivity index (χ0) is 16.4. The van der Waals surface area contributed by atoms with E-state index in [9.17, 15) is 4.39 Å². The minimum Gasteiger partial charge on any atom is -0.354 e. The van der Waals surface area contributed by atoms with E-state index >= 15 is 0 Å². The molecule has 2 aromatic carbocycles. The zero-order valence-corrected chi connectivity index (χ0v) is 14.0. The SMILES string of the molecule is NCCCCc1c(-c2ccc(F)cc2Cl)[nH]c2ccc(Cl)cc12. The number of hydrogen-bond donors (Lipinski definition) is 2. The lowest BCUT2D eigenvalue weighted by atomic mass is 10.00. The highest BCUT2D eigenvalue weighted by Gasteiger charge is 2.16. The molecule has 0 aliphatic heterocycles. The van der Waals surface area contributed by atoms with Gasteiger partial charge in [-0.05, 0) is 67.8 Å². The molecule has 0 saturated carbocycles. The van der Waals surface area contributed by atoms with Gasteiger partial charge in [-0.15, -0.1) is 0 Å². The number of nitrogens with one attached hydrogen (secondary N) is 1. The first-order valence-corrected chi connectivity index (χ1v) is 8.31.